The molecule has 2 aliphatic rings. The molecule has 2 N–H and O–H groups in total. The molecule has 0 aromatic carbocycles. The van der Waals surface area contributed by atoms with Crippen LogP contribution in [0.15, 0.2) is 22.8 Å². The number of fused-ring (bicyclic) bond motifs is 1. The van der Waals surface area contributed by atoms with Gasteiger partial charge in [0.25, 0.3) is 0 Å². The highest BCUT2D eigenvalue weighted by Crippen LogP contribution is 2.35. The van der Waals surface area contributed by atoms with Crippen LogP contribution in [0.3, 0.4) is 0 Å². The number of anilines is 1. The average molecular weight is 468 g/mol. The van der Waals surface area contributed by atoms with Crippen molar-refractivity contribution in [2.75, 3.05) is 24.7 Å². The summed E-state index contributed by atoms with van der Waals surface area (Å²) in [4.78, 5) is 25.3. The van der Waals surface area contributed by atoms with Crippen LogP contribution in [-0.2, 0) is 44.2 Å². The minimum Gasteiger partial charge on any atom is -0.467 e. The number of hydrogen-bond acceptors (Lipinski definition) is 7. The maximum absolute atomic E-state index is 12.9. The van der Waals surface area contributed by atoms with Crippen molar-refractivity contribution in [2.45, 2.75) is 37.4 Å². The van der Waals surface area contributed by atoms with Crippen LogP contribution in [0.4, 0.5) is 5.82 Å². The van der Waals surface area contributed by atoms with E-state index in [9.17, 15) is 18.0 Å². The van der Waals surface area contributed by atoms with Gasteiger partial charge in [-0.1, -0.05) is 0 Å². The van der Waals surface area contributed by atoms with Crippen molar-refractivity contribution in [3.63, 3.8) is 0 Å². The number of thioether (sulfide) groups is 1. The van der Waals surface area contributed by atoms with Crippen LogP contribution in [0.2, 0.25) is 0 Å². The topological polar surface area (TPSA) is 127 Å². The summed E-state index contributed by atoms with van der Waals surface area (Å²) in [6.07, 6.45) is 3.66. The monoisotopic (exact) mass is 467 g/mol. The fourth-order valence-electron chi connectivity index (χ4n) is 3.78. The maximum Gasteiger partial charge on any atom is 0.242 e. The molecule has 0 spiro atoms. The molecular weight excluding hydrogens is 442 g/mol. The zero-order valence-corrected chi connectivity index (χ0v) is 18.8. The minimum atomic E-state index is -3.24. The summed E-state index contributed by atoms with van der Waals surface area (Å²) in [7, 11) is -3.24. The summed E-state index contributed by atoms with van der Waals surface area (Å²) in [5.41, 5.74) is 1.83. The highest BCUT2D eigenvalue weighted by Gasteiger charge is 2.31. The molecule has 0 atom stereocenters. The number of nitrogens with one attached hydrogen (secondary N) is 2. The summed E-state index contributed by atoms with van der Waals surface area (Å²) in [6.45, 7) is 0.933. The van der Waals surface area contributed by atoms with E-state index in [2.05, 4.69) is 15.7 Å². The minimum absolute atomic E-state index is 0.0134. The van der Waals surface area contributed by atoms with Gasteiger partial charge in [0, 0.05) is 36.1 Å². The number of piperidine rings is 1. The van der Waals surface area contributed by atoms with Gasteiger partial charge in [-0.05, 0) is 25.0 Å². The van der Waals surface area contributed by atoms with Crippen molar-refractivity contribution in [2.24, 2.45) is 5.92 Å². The zero-order chi connectivity index (χ0) is 22.0. The van der Waals surface area contributed by atoms with Gasteiger partial charge in [-0.2, -0.15) is 16.9 Å². The molecule has 1 fully saturated rings. The summed E-state index contributed by atoms with van der Waals surface area (Å²) >= 11 is 1.71. The van der Waals surface area contributed by atoms with Crippen LogP contribution >= 0.6 is 11.8 Å². The number of aromatic nitrogens is 2. The van der Waals surface area contributed by atoms with E-state index in [4.69, 9.17) is 4.42 Å². The summed E-state index contributed by atoms with van der Waals surface area (Å²) in [5.74, 6) is 2.01. The molecule has 2 aliphatic heterocycles. The van der Waals surface area contributed by atoms with E-state index < -0.39 is 10.0 Å². The normalized spacial score (nSPS) is 17.5. The fourth-order valence-corrected chi connectivity index (χ4v) is 5.69. The van der Waals surface area contributed by atoms with E-state index in [-0.39, 0.29) is 30.8 Å². The van der Waals surface area contributed by atoms with Gasteiger partial charge in [-0.3, -0.25) is 9.59 Å². The van der Waals surface area contributed by atoms with E-state index in [0.717, 1.165) is 22.8 Å². The average Bonchev–Trinajstić information content (AvgIpc) is 3.46. The van der Waals surface area contributed by atoms with Crippen LogP contribution in [0.5, 0.6) is 0 Å². The predicted molar refractivity (Wildman–Crippen MR) is 116 cm³/mol. The molecule has 0 radical (unpaired) electrons. The van der Waals surface area contributed by atoms with Gasteiger partial charge in [0.1, 0.15) is 18.1 Å². The maximum atomic E-state index is 12.9. The molecule has 10 nitrogen and oxygen atoms in total. The molecule has 0 aliphatic carbocycles. The SMILES string of the molecule is CS(=O)(=O)N1CCC(C(=O)Nc2c3c(nn2CC(=O)NCc2ccco2)CSC3)CC1. The van der Waals surface area contributed by atoms with Crippen molar-refractivity contribution >= 4 is 39.4 Å². The van der Waals surface area contributed by atoms with Crippen molar-refractivity contribution in [1.29, 1.82) is 0 Å². The largest absolute Gasteiger partial charge is 0.467 e. The van der Waals surface area contributed by atoms with Crippen LogP contribution in [0.25, 0.3) is 0 Å². The lowest BCUT2D eigenvalue weighted by Gasteiger charge is -2.29. The number of sulfonamides is 1. The first kappa shape index (κ1) is 21.9. The van der Waals surface area contributed by atoms with Gasteiger partial charge in [0.15, 0.2) is 0 Å². The number of hydrogen-bond donors (Lipinski definition) is 2. The molecule has 168 valence electrons. The second kappa shape index (κ2) is 9.05. The Balaban J connectivity index is 1.41. The molecule has 0 saturated carbocycles. The lowest BCUT2D eigenvalue weighted by molar-refractivity contribution is -0.122. The molecule has 4 rings (SSSR count). The summed E-state index contributed by atoms with van der Waals surface area (Å²) < 4.78 is 31.5. The first-order chi connectivity index (χ1) is 14.8. The van der Waals surface area contributed by atoms with E-state index in [1.807, 2.05) is 0 Å². The van der Waals surface area contributed by atoms with Crippen molar-refractivity contribution in [3.05, 3.63) is 35.4 Å². The third kappa shape index (κ3) is 5.13. The number of amides is 2. The summed E-state index contributed by atoms with van der Waals surface area (Å²) in [5, 5.41) is 10.3. The lowest BCUT2D eigenvalue weighted by atomic mass is 9.97. The summed E-state index contributed by atoms with van der Waals surface area (Å²) in [6, 6.07) is 3.53. The van der Waals surface area contributed by atoms with Gasteiger partial charge in [-0.25, -0.2) is 17.4 Å². The molecule has 2 aromatic heterocycles. The van der Waals surface area contributed by atoms with Gasteiger partial charge >= 0.3 is 0 Å². The van der Waals surface area contributed by atoms with Gasteiger partial charge in [-0.15, -0.1) is 0 Å². The van der Waals surface area contributed by atoms with Crippen LogP contribution in [0, 0.1) is 5.92 Å². The van der Waals surface area contributed by atoms with Gasteiger partial charge in [0.2, 0.25) is 21.8 Å². The smallest absolute Gasteiger partial charge is 0.242 e. The number of furan rings is 1. The zero-order valence-electron chi connectivity index (χ0n) is 17.2. The molecule has 4 heterocycles. The van der Waals surface area contributed by atoms with Crippen LogP contribution < -0.4 is 10.6 Å². The fraction of sp³-hybridized carbons (Fsp3) is 0.526. The van der Waals surface area contributed by atoms with E-state index in [1.54, 1.807) is 34.8 Å². The standard InChI is InChI=1S/C19H25N5O5S2/c1-31(27,28)23-6-4-13(5-7-23)19(26)21-18-15-11-30-12-16(15)22-24(18)10-17(25)20-9-14-3-2-8-29-14/h2-3,8,13H,4-7,9-12H2,1H3,(H,20,25)(H,21,26). The quantitative estimate of drug-likeness (QED) is 0.625. The van der Waals surface area contributed by atoms with Gasteiger partial charge in [0.05, 0.1) is 24.8 Å². The predicted octanol–water partition coefficient (Wildman–Crippen LogP) is 1.15. The third-order valence-electron chi connectivity index (χ3n) is 5.49. The molecule has 12 heteroatoms. The lowest BCUT2D eigenvalue weighted by Crippen LogP contribution is -2.41. The Morgan fingerprint density at radius 3 is 2.74 bits per heavy atom. The molecule has 31 heavy (non-hydrogen) atoms. The highest BCUT2D eigenvalue weighted by molar-refractivity contribution is 7.98. The number of rotatable bonds is 7. The first-order valence-corrected chi connectivity index (χ1v) is 13.0. The molecule has 0 unspecified atom stereocenters. The van der Waals surface area contributed by atoms with E-state index in [0.29, 0.717) is 37.5 Å². The molecular formula is C19H25N5O5S2. The second-order valence-corrected chi connectivity index (χ2v) is 10.7. The van der Waals surface area contributed by atoms with Crippen LogP contribution in [-0.4, -0.2) is 53.7 Å². The Labute approximate surface area is 184 Å². The van der Waals surface area contributed by atoms with Crippen molar-refractivity contribution < 1.29 is 22.4 Å². The van der Waals surface area contributed by atoms with Gasteiger partial charge < -0.3 is 15.1 Å². The highest BCUT2D eigenvalue weighted by atomic mass is 32.2. The molecule has 2 amide bonds. The molecule has 0 bridgehead atoms. The Bertz CT molecular complexity index is 1060. The van der Waals surface area contributed by atoms with Crippen molar-refractivity contribution in [3.8, 4) is 0 Å². The van der Waals surface area contributed by atoms with Crippen LogP contribution in [0.1, 0.15) is 29.9 Å². The van der Waals surface area contributed by atoms with E-state index >= 15 is 0 Å². The number of nitrogens with zero attached hydrogens (tertiary/aromatic N) is 3. The number of carbonyl (C=O) groups is 2. The number of carbonyl (C=O) groups excluding carboxylic acids is 2. The third-order valence-corrected chi connectivity index (χ3v) is 7.76. The second-order valence-electron chi connectivity index (χ2n) is 7.71. The first-order valence-electron chi connectivity index (χ1n) is 10.0. The molecule has 2 aromatic rings. The van der Waals surface area contributed by atoms with Crippen molar-refractivity contribution in [1.82, 2.24) is 19.4 Å². The van der Waals surface area contributed by atoms with E-state index in [1.165, 1.54) is 10.6 Å². The Hall–Kier alpha value is -2.31. The Morgan fingerprint density at radius 1 is 1.29 bits per heavy atom. The Kier molecular flexibility index (Phi) is 6.39. The Morgan fingerprint density at radius 2 is 2.06 bits per heavy atom. The molecule has 1 saturated heterocycles.